The molecule has 0 fully saturated rings. The Bertz CT molecular complexity index is 1100. The molecule has 7 nitrogen and oxygen atoms in total. The molecular formula is C21H19FN4O3S. The molecule has 30 heavy (non-hydrogen) atoms. The van der Waals surface area contributed by atoms with E-state index in [9.17, 15) is 9.18 Å². The minimum Gasteiger partial charge on any atom is -0.454 e. The van der Waals surface area contributed by atoms with Crippen molar-refractivity contribution in [2.45, 2.75) is 23.9 Å². The Kier molecular flexibility index (Phi) is 5.71. The molecule has 154 valence electrons. The maximum absolute atomic E-state index is 14.2. The summed E-state index contributed by atoms with van der Waals surface area (Å²) in [5.74, 6) is 1.03. The van der Waals surface area contributed by atoms with Gasteiger partial charge in [0.2, 0.25) is 12.7 Å². The zero-order valence-electron chi connectivity index (χ0n) is 16.2. The molecule has 0 spiro atoms. The Morgan fingerprint density at radius 2 is 2.10 bits per heavy atom. The zero-order valence-corrected chi connectivity index (χ0v) is 17.0. The van der Waals surface area contributed by atoms with Crippen LogP contribution >= 0.6 is 11.8 Å². The van der Waals surface area contributed by atoms with Crippen molar-refractivity contribution in [1.82, 2.24) is 14.8 Å². The first kappa shape index (κ1) is 20.0. The average Bonchev–Trinajstić information content (AvgIpc) is 3.35. The second kappa shape index (κ2) is 8.58. The molecule has 2 aromatic carbocycles. The number of thioether (sulfide) groups is 1. The second-order valence-corrected chi connectivity index (χ2v) is 7.81. The lowest BCUT2D eigenvalue weighted by molar-refractivity contribution is -0.115. The number of benzene rings is 2. The molecule has 0 aliphatic carbocycles. The van der Waals surface area contributed by atoms with Gasteiger partial charge in [0.25, 0.3) is 0 Å². The third-order valence-corrected chi connectivity index (χ3v) is 5.52. The molecule has 1 amide bonds. The highest BCUT2D eigenvalue weighted by molar-refractivity contribution is 8.00. The monoisotopic (exact) mass is 426 g/mol. The number of carbonyl (C=O) groups excluding carboxylic acids is 1. The van der Waals surface area contributed by atoms with E-state index in [0.717, 1.165) is 0 Å². The quantitative estimate of drug-likeness (QED) is 0.452. The number of fused-ring (bicyclic) bond motifs is 1. The largest absolute Gasteiger partial charge is 0.454 e. The van der Waals surface area contributed by atoms with Crippen molar-refractivity contribution in [1.29, 1.82) is 0 Å². The van der Waals surface area contributed by atoms with Gasteiger partial charge >= 0.3 is 0 Å². The number of rotatable bonds is 7. The number of hydrogen-bond acceptors (Lipinski definition) is 6. The van der Waals surface area contributed by atoms with Gasteiger partial charge in [0.05, 0.1) is 10.8 Å². The van der Waals surface area contributed by atoms with Gasteiger partial charge in [-0.25, -0.2) is 4.39 Å². The highest BCUT2D eigenvalue weighted by Gasteiger charge is 2.22. The Balaban J connectivity index is 1.51. The maximum atomic E-state index is 14.2. The summed E-state index contributed by atoms with van der Waals surface area (Å²) in [7, 11) is 0. The SMILES string of the molecule is C=CCn1c(SC(C)C(=O)Nc2ccc3c(c2)OCO3)nnc1-c1ccccc1F. The highest BCUT2D eigenvalue weighted by atomic mass is 32.2. The topological polar surface area (TPSA) is 78.3 Å². The van der Waals surface area contributed by atoms with Crippen LogP contribution in [0.4, 0.5) is 10.1 Å². The van der Waals surface area contributed by atoms with Crippen LogP contribution in [0.25, 0.3) is 11.4 Å². The molecule has 0 bridgehead atoms. The van der Waals surface area contributed by atoms with E-state index < -0.39 is 5.25 Å². The molecule has 2 heterocycles. The van der Waals surface area contributed by atoms with Crippen molar-refractivity contribution in [3.05, 3.63) is 60.9 Å². The Morgan fingerprint density at radius 3 is 2.90 bits per heavy atom. The number of ether oxygens (including phenoxy) is 2. The molecule has 0 saturated heterocycles. The number of nitrogens with one attached hydrogen (secondary N) is 1. The maximum Gasteiger partial charge on any atom is 0.237 e. The summed E-state index contributed by atoms with van der Waals surface area (Å²) in [6.45, 7) is 6.07. The number of allylic oxidation sites excluding steroid dienone is 1. The smallest absolute Gasteiger partial charge is 0.237 e. The first-order valence-electron chi connectivity index (χ1n) is 9.23. The number of halogens is 1. The molecule has 1 unspecified atom stereocenters. The molecule has 1 aromatic heterocycles. The van der Waals surface area contributed by atoms with Crippen LogP contribution in [-0.4, -0.2) is 32.7 Å². The lowest BCUT2D eigenvalue weighted by Crippen LogP contribution is -2.23. The summed E-state index contributed by atoms with van der Waals surface area (Å²) >= 11 is 1.24. The summed E-state index contributed by atoms with van der Waals surface area (Å²) in [6, 6.07) is 11.6. The molecule has 0 radical (unpaired) electrons. The third kappa shape index (κ3) is 4.02. The predicted molar refractivity (Wildman–Crippen MR) is 112 cm³/mol. The van der Waals surface area contributed by atoms with Gasteiger partial charge < -0.3 is 14.8 Å². The molecule has 4 rings (SSSR count). The Labute approximate surface area is 176 Å². The van der Waals surface area contributed by atoms with E-state index in [0.29, 0.717) is 40.3 Å². The second-order valence-electron chi connectivity index (χ2n) is 6.50. The normalized spacial score (nSPS) is 13.1. The standard InChI is InChI=1S/C21H19FN4O3S/c1-3-10-26-19(15-6-4-5-7-16(15)22)24-25-21(26)30-13(2)20(27)23-14-8-9-17-18(11-14)29-12-28-17/h3-9,11,13H,1,10,12H2,2H3,(H,23,27). The fraction of sp³-hybridized carbons (Fsp3) is 0.190. The van der Waals surface area contributed by atoms with E-state index >= 15 is 0 Å². The van der Waals surface area contributed by atoms with Gasteiger partial charge in [-0.3, -0.25) is 9.36 Å². The van der Waals surface area contributed by atoms with Crippen LogP contribution in [0.15, 0.2) is 60.3 Å². The molecule has 1 aliphatic heterocycles. The van der Waals surface area contributed by atoms with Crippen LogP contribution in [0.1, 0.15) is 6.92 Å². The molecule has 1 aliphatic rings. The number of carbonyl (C=O) groups is 1. The fourth-order valence-corrected chi connectivity index (χ4v) is 3.80. The fourth-order valence-electron chi connectivity index (χ4n) is 2.94. The number of anilines is 1. The number of hydrogen-bond donors (Lipinski definition) is 1. The van der Waals surface area contributed by atoms with E-state index in [4.69, 9.17) is 9.47 Å². The van der Waals surface area contributed by atoms with Gasteiger partial charge in [0.1, 0.15) is 5.82 Å². The van der Waals surface area contributed by atoms with E-state index in [2.05, 4.69) is 22.1 Å². The van der Waals surface area contributed by atoms with Gasteiger partial charge in [-0.2, -0.15) is 0 Å². The van der Waals surface area contributed by atoms with Gasteiger partial charge in [0.15, 0.2) is 22.5 Å². The lowest BCUT2D eigenvalue weighted by Gasteiger charge is -2.13. The Morgan fingerprint density at radius 1 is 1.30 bits per heavy atom. The van der Waals surface area contributed by atoms with Crippen molar-refractivity contribution in [3.63, 3.8) is 0 Å². The van der Waals surface area contributed by atoms with Gasteiger partial charge in [-0.05, 0) is 31.2 Å². The summed E-state index contributed by atoms with van der Waals surface area (Å²) in [6.07, 6.45) is 1.68. The van der Waals surface area contributed by atoms with E-state index in [1.807, 2.05) is 0 Å². The zero-order chi connectivity index (χ0) is 21.1. The number of aromatic nitrogens is 3. The van der Waals surface area contributed by atoms with E-state index in [1.54, 1.807) is 54.0 Å². The van der Waals surface area contributed by atoms with Crippen LogP contribution in [0, 0.1) is 5.82 Å². The van der Waals surface area contributed by atoms with Crippen LogP contribution < -0.4 is 14.8 Å². The van der Waals surface area contributed by atoms with Crippen molar-refractivity contribution < 1.29 is 18.7 Å². The Hall–Kier alpha value is -3.33. The first-order valence-corrected chi connectivity index (χ1v) is 10.1. The average molecular weight is 426 g/mol. The van der Waals surface area contributed by atoms with Crippen LogP contribution in [0.3, 0.4) is 0 Å². The molecule has 0 saturated carbocycles. The minimum atomic E-state index is -0.475. The predicted octanol–water partition coefficient (Wildman–Crippen LogP) is 4.12. The summed E-state index contributed by atoms with van der Waals surface area (Å²) in [5, 5.41) is 11.2. The van der Waals surface area contributed by atoms with Crippen molar-refractivity contribution >= 4 is 23.4 Å². The molecular weight excluding hydrogens is 407 g/mol. The van der Waals surface area contributed by atoms with E-state index in [1.165, 1.54) is 17.8 Å². The number of amides is 1. The first-order chi connectivity index (χ1) is 14.6. The van der Waals surface area contributed by atoms with E-state index in [-0.39, 0.29) is 18.5 Å². The van der Waals surface area contributed by atoms with Crippen LogP contribution in [-0.2, 0) is 11.3 Å². The minimum absolute atomic E-state index is 0.169. The van der Waals surface area contributed by atoms with Crippen LogP contribution in [0.2, 0.25) is 0 Å². The third-order valence-electron chi connectivity index (χ3n) is 4.43. The molecule has 9 heteroatoms. The summed E-state index contributed by atoms with van der Waals surface area (Å²) in [5.41, 5.74) is 0.951. The van der Waals surface area contributed by atoms with Gasteiger partial charge in [-0.1, -0.05) is 30.0 Å². The van der Waals surface area contributed by atoms with Gasteiger partial charge in [-0.15, -0.1) is 16.8 Å². The highest BCUT2D eigenvalue weighted by Crippen LogP contribution is 2.34. The van der Waals surface area contributed by atoms with Crippen molar-refractivity contribution in [3.8, 4) is 22.9 Å². The molecule has 1 N–H and O–H groups in total. The van der Waals surface area contributed by atoms with Crippen LogP contribution in [0.5, 0.6) is 11.5 Å². The van der Waals surface area contributed by atoms with Crippen molar-refractivity contribution in [2.75, 3.05) is 12.1 Å². The number of nitrogens with zero attached hydrogens (tertiary/aromatic N) is 3. The van der Waals surface area contributed by atoms with Crippen molar-refractivity contribution in [2.24, 2.45) is 0 Å². The summed E-state index contributed by atoms with van der Waals surface area (Å²) in [4.78, 5) is 12.7. The van der Waals surface area contributed by atoms with Gasteiger partial charge in [0, 0.05) is 18.3 Å². The molecule has 3 aromatic rings. The summed E-state index contributed by atoms with van der Waals surface area (Å²) < 4.78 is 26.6. The molecule has 1 atom stereocenters. The lowest BCUT2D eigenvalue weighted by atomic mass is 10.2.